The van der Waals surface area contributed by atoms with Crippen molar-refractivity contribution in [2.75, 3.05) is 6.61 Å². The van der Waals surface area contributed by atoms with Crippen molar-refractivity contribution < 1.29 is 20.1 Å². The summed E-state index contributed by atoms with van der Waals surface area (Å²) in [6, 6.07) is -0.743. The number of aliphatic hydroxyl groups is 3. The van der Waals surface area contributed by atoms with Crippen LogP contribution in [0.3, 0.4) is 0 Å². The van der Waals surface area contributed by atoms with Gasteiger partial charge >= 0.3 is 0 Å². The van der Waals surface area contributed by atoms with Gasteiger partial charge in [-0.3, -0.25) is 4.79 Å². The second kappa shape index (κ2) is 53.4. The normalized spacial score (nSPS) is 13.4. The summed E-state index contributed by atoms with van der Waals surface area (Å²) >= 11 is 0. The second-order valence-electron chi connectivity index (χ2n) is 19.9. The fourth-order valence-corrected chi connectivity index (χ4v) is 9.10. The van der Waals surface area contributed by atoms with E-state index >= 15 is 0 Å². The third-order valence-corrected chi connectivity index (χ3v) is 13.5. The first kappa shape index (κ1) is 61.8. The lowest BCUT2D eigenvalue weighted by Gasteiger charge is -2.21. The Kier molecular flexibility index (Phi) is 52.5. The number of nitrogens with one attached hydrogen (secondary N) is 1. The molecule has 5 heteroatoms. The van der Waals surface area contributed by atoms with Crippen molar-refractivity contribution in [3.05, 3.63) is 24.3 Å². The van der Waals surface area contributed by atoms with Crippen LogP contribution >= 0.6 is 0 Å². The number of carbonyl (C=O) groups is 1. The minimum Gasteiger partial charge on any atom is -0.394 e. The molecule has 0 aliphatic heterocycles. The SMILES string of the molecule is CCCCCCCCCCCCCC/C=C\CCCCCCCCCCCCCCCC(O)CC(=O)NC(CO)C(O)/C=C/CCCCCCCCCCCCCCCCCCC. The van der Waals surface area contributed by atoms with Gasteiger partial charge in [0.2, 0.25) is 5.91 Å². The van der Waals surface area contributed by atoms with Crippen LogP contribution in [0.15, 0.2) is 24.3 Å². The summed E-state index contributed by atoms with van der Waals surface area (Å²) in [5, 5.41) is 33.5. The Labute approximate surface area is 394 Å². The zero-order valence-corrected chi connectivity index (χ0v) is 42.7. The smallest absolute Gasteiger partial charge is 0.222 e. The van der Waals surface area contributed by atoms with Gasteiger partial charge in [-0.1, -0.05) is 289 Å². The van der Waals surface area contributed by atoms with Crippen molar-refractivity contribution in [1.29, 1.82) is 0 Å². The number of aliphatic hydroxyl groups excluding tert-OH is 3. The molecule has 0 radical (unpaired) electrons. The van der Waals surface area contributed by atoms with Gasteiger partial charge in [-0.2, -0.15) is 0 Å². The van der Waals surface area contributed by atoms with Crippen molar-refractivity contribution in [3.8, 4) is 0 Å². The molecule has 0 spiro atoms. The molecule has 0 bridgehead atoms. The molecule has 0 heterocycles. The fraction of sp³-hybridized carbons (Fsp3) is 0.914. The molecule has 3 atom stereocenters. The van der Waals surface area contributed by atoms with Crippen molar-refractivity contribution in [2.45, 2.75) is 334 Å². The van der Waals surface area contributed by atoms with Crippen LogP contribution in [0.4, 0.5) is 0 Å². The van der Waals surface area contributed by atoms with Crippen molar-refractivity contribution in [1.82, 2.24) is 5.32 Å². The van der Waals surface area contributed by atoms with E-state index in [1.807, 2.05) is 6.08 Å². The molecule has 0 saturated carbocycles. The van der Waals surface area contributed by atoms with Crippen LogP contribution in [0.1, 0.15) is 316 Å². The highest BCUT2D eigenvalue weighted by Crippen LogP contribution is 2.17. The van der Waals surface area contributed by atoms with Crippen LogP contribution in [0.5, 0.6) is 0 Å². The van der Waals surface area contributed by atoms with Gasteiger partial charge < -0.3 is 20.6 Å². The Bertz CT molecular complexity index is 936. The number of unbranched alkanes of at least 4 members (excludes halogenated alkanes) is 42. The van der Waals surface area contributed by atoms with E-state index in [1.165, 1.54) is 263 Å². The molecule has 374 valence electrons. The van der Waals surface area contributed by atoms with Gasteiger partial charge in [-0.05, 0) is 44.9 Å². The van der Waals surface area contributed by atoms with Crippen LogP contribution < -0.4 is 5.32 Å². The number of amides is 1. The average molecular weight is 889 g/mol. The molecule has 63 heavy (non-hydrogen) atoms. The van der Waals surface area contributed by atoms with E-state index in [9.17, 15) is 20.1 Å². The zero-order chi connectivity index (χ0) is 45.8. The van der Waals surface area contributed by atoms with Gasteiger partial charge in [0.15, 0.2) is 0 Å². The van der Waals surface area contributed by atoms with Gasteiger partial charge in [0, 0.05) is 0 Å². The summed E-state index contributed by atoms with van der Waals surface area (Å²) in [7, 11) is 0. The number of hydrogen-bond acceptors (Lipinski definition) is 4. The number of rotatable bonds is 53. The molecule has 5 nitrogen and oxygen atoms in total. The van der Waals surface area contributed by atoms with Crippen LogP contribution in [0.25, 0.3) is 0 Å². The lowest BCUT2D eigenvalue weighted by molar-refractivity contribution is -0.124. The Morgan fingerprint density at radius 3 is 0.968 bits per heavy atom. The van der Waals surface area contributed by atoms with E-state index in [4.69, 9.17) is 0 Å². The minimum atomic E-state index is -0.928. The van der Waals surface area contributed by atoms with Crippen molar-refractivity contribution in [2.24, 2.45) is 0 Å². The number of carbonyl (C=O) groups excluding carboxylic acids is 1. The number of hydrogen-bond donors (Lipinski definition) is 4. The molecule has 0 aromatic rings. The van der Waals surface area contributed by atoms with Crippen LogP contribution in [-0.2, 0) is 4.79 Å². The van der Waals surface area contributed by atoms with Gasteiger partial charge in [0.1, 0.15) is 0 Å². The van der Waals surface area contributed by atoms with Gasteiger partial charge in [0.05, 0.1) is 31.3 Å². The maximum atomic E-state index is 12.5. The largest absolute Gasteiger partial charge is 0.394 e. The van der Waals surface area contributed by atoms with E-state index in [0.29, 0.717) is 6.42 Å². The van der Waals surface area contributed by atoms with Gasteiger partial charge in [-0.25, -0.2) is 0 Å². The molecule has 4 N–H and O–H groups in total. The molecule has 0 aliphatic rings. The monoisotopic (exact) mass is 888 g/mol. The third kappa shape index (κ3) is 50.1. The van der Waals surface area contributed by atoms with Crippen molar-refractivity contribution in [3.63, 3.8) is 0 Å². The summed E-state index contributed by atoms with van der Waals surface area (Å²) in [4.78, 5) is 12.5. The van der Waals surface area contributed by atoms with E-state index in [-0.39, 0.29) is 18.9 Å². The predicted octanol–water partition coefficient (Wildman–Crippen LogP) is 17.7. The molecular formula is C58H113NO4. The molecule has 3 unspecified atom stereocenters. The molecule has 0 aromatic heterocycles. The first-order valence-corrected chi connectivity index (χ1v) is 28.6. The first-order chi connectivity index (χ1) is 31.0. The molecular weight excluding hydrogens is 775 g/mol. The maximum Gasteiger partial charge on any atom is 0.222 e. The molecule has 0 aromatic carbocycles. The highest BCUT2D eigenvalue weighted by Gasteiger charge is 2.20. The van der Waals surface area contributed by atoms with Crippen LogP contribution in [-0.4, -0.2) is 46.1 Å². The Hall–Kier alpha value is -1.17. The summed E-state index contributed by atoms with van der Waals surface area (Å²) in [5.41, 5.74) is 0. The fourth-order valence-electron chi connectivity index (χ4n) is 9.10. The van der Waals surface area contributed by atoms with E-state index in [1.54, 1.807) is 6.08 Å². The maximum absolute atomic E-state index is 12.5. The lowest BCUT2D eigenvalue weighted by Crippen LogP contribution is -2.45. The third-order valence-electron chi connectivity index (χ3n) is 13.5. The van der Waals surface area contributed by atoms with E-state index < -0.39 is 18.2 Å². The average Bonchev–Trinajstić information content (AvgIpc) is 3.28. The molecule has 1 amide bonds. The zero-order valence-electron chi connectivity index (χ0n) is 42.7. The number of allylic oxidation sites excluding steroid dienone is 3. The van der Waals surface area contributed by atoms with Gasteiger partial charge in [-0.15, -0.1) is 0 Å². The predicted molar refractivity (Wildman–Crippen MR) is 278 cm³/mol. The Balaban J connectivity index is 3.53. The summed E-state index contributed by atoms with van der Waals surface area (Å²) < 4.78 is 0. The summed E-state index contributed by atoms with van der Waals surface area (Å²) in [5.74, 6) is -0.310. The van der Waals surface area contributed by atoms with Crippen molar-refractivity contribution >= 4 is 5.91 Å². The van der Waals surface area contributed by atoms with Crippen LogP contribution in [0.2, 0.25) is 0 Å². The quantitative estimate of drug-likeness (QED) is 0.0362. The van der Waals surface area contributed by atoms with E-state index in [0.717, 1.165) is 25.7 Å². The second-order valence-corrected chi connectivity index (χ2v) is 19.9. The van der Waals surface area contributed by atoms with Crippen LogP contribution in [0, 0.1) is 0 Å². The lowest BCUT2D eigenvalue weighted by atomic mass is 10.0. The highest BCUT2D eigenvalue weighted by molar-refractivity contribution is 5.76. The first-order valence-electron chi connectivity index (χ1n) is 28.6. The highest BCUT2D eigenvalue weighted by atomic mass is 16.3. The molecule has 0 saturated heterocycles. The molecule has 0 aliphatic carbocycles. The summed E-state index contributed by atoms with van der Waals surface area (Å²) in [6.45, 7) is 4.25. The standard InChI is InChI=1S/C58H113NO4/c1-3-5-7-9-11-13-15-17-19-21-23-24-25-26-27-28-29-30-31-32-34-35-37-39-41-43-45-47-49-51-55(61)53-58(63)59-56(54-60)57(62)52-50-48-46-44-42-40-38-36-33-22-20-18-16-14-12-10-8-6-4-2/h26-27,50,52,55-57,60-62H,3-25,28-49,51,53-54H2,1-2H3,(H,59,63)/b27-26-,52-50+. The van der Waals surface area contributed by atoms with E-state index in [2.05, 4.69) is 31.3 Å². The molecule has 0 fully saturated rings. The Morgan fingerprint density at radius 2 is 0.667 bits per heavy atom. The molecule has 0 rings (SSSR count). The minimum absolute atomic E-state index is 0.0166. The summed E-state index contributed by atoms with van der Waals surface area (Å²) in [6.07, 6.45) is 68.0. The topological polar surface area (TPSA) is 89.8 Å². The Morgan fingerprint density at radius 1 is 0.397 bits per heavy atom. The van der Waals surface area contributed by atoms with Gasteiger partial charge in [0.25, 0.3) is 0 Å².